The van der Waals surface area contributed by atoms with E-state index in [1.165, 1.54) is 11.1 Å². The average molecular weight is 520 g/mol. The molecule has 11 heteroatoms. The Morgan fingerprint density at radius 1 is 1.20 bits per heavy atom. The molecule has 2 aliphatic rings. The number of amides is 1. The van der Waals surface area contributed by atoms with Crippen molar-refractivity contribution in [1.82, 2.24) is 10.2 Å². The van der Waals surface area contributed by atoms with Crippen LogP contribution in [0.3, 0.4) is 0 Å². The molecule has 0 saturated carbocycles. The van der Waals surface area contributed by atoms with Gasteiger partial charge in [-0.25, -0.2) is 17.2 Å². The van der Waals surface area contributed by atoms with Gasteiger partial charge in [0.05, 0.1) is 17.0 Å². The van der Waals surface area contributed by atoms with Crippen molar-refractivity contribution in [2.24, 2.45) is 0 Å². The highest BCUT2D eigenvalue weighted by Gasteiger charge is 2.36. The number of halogens is 3. The Hall–Kier alpha value is -3.50. The van der Waals surface area contributed by atoms with E-state index in [1.54, 1.807) is 43.5 Å². The number of nitrogens with one attached hydrogen (secondary N) is 2. The van der Waals surface area contributed by atoms with E-state index in [-0.39, 0.29) is 17.7 Å². The summed E-state index contributed by atoms with van der Waals surface area (Å²) in [4.78, 5) is 26.3. The number of rotatable bonds is 8. The first-order chi connectivity index (χ1) is 16.6. The van der Waals surface area contributed by atoms with Crippen LogP contribution in [0.4, 0.5) is 14.5 Å². The van der Waals surface area contributed by atoms with Crippen molar-refractivity contribution in [3.63, 3.8) is 0 Å². The average Bonchev–Trinajstić information content (AvgIpc) is 3.25. The van der Waals surface area contributed by atoms with Crippen molar-refractivity contribution in [1.29, 1.82) is 0 Å². The Morgan fingerprint density at radius 3 is 2.57 bits per heavy atom. The number of nitrogens with zero attached hydrogens (tertiary/aromatic N) is 1. The van der Waals surface area contributed by atoms with Crippen LogP contribution < -0.4 is 10.0 Å². The summed E-state index contributed by atoms with van der Waals surface area (Å²) in [6.45, 7) is 1.64. The highest BCUT2D eigenvalue weighted by molar-refractivity contribution is 7.92. The molecule has 2 aliphatic heterocycles. The summed E-state index contributed by atoms with van der Waals surface area (Å²) >= 11 is 5.95. The van der Waals surface area contributed by atoms with Crippen molar-refractivity contribution in [2.75, 3.05) is 10.5 Å². The van der Waals surface area contributed by atoms with Gasteiger partial charge in [0, 0.05) is 28.6 Å². The van der Waals surface area contributed by atoms with E-state index >= 15 is 4.39 Å². The number of hydrogen-bond donors (Lipinski definition) is 2. The van der Waals surface area contributed by atoms with Gasteiger partial charge in [0.25, 0.3) is 0 Å². The van der Waals surface area contributed by atoms with Gasteiger partial charge in [-0.3, -0.25) is 19.2 Å². The van der Waals surface area contributed by atoms with Gasteiger partial charge in [-0.05, 0) is 47.9 Å². The number of carbonyl (C=O) groups excluding carboxylic acids is 2. The smallest absolute Gasteiger partial charge is 0.232 e. The maximum absolute atomic E-state index is 15.2. The first-order valence-electron chi connectivity index (χ1n) is 10.6. The fourth-order valence-electron chi connectivity index (χ4n) is 3.88. The molecule has 0 bridgehead atoms. The molecule has 7 nitrogen and oxygen atoms in total. The molecule has 0 aromatic heterocycles. The molecule has 2 aromatic carbocycles. The maximum atomic E-state index is 15.2. The van der Waals surface area contributed by atoms with E-state index in [9.17, 15) is 22.4 Å². The minimum atomic E-state index is -3.88. The fourth-order valence-corrected chi connectivity index (χ4v) is 5.13. The van der Waals surface area contributed by atoms with Crippen LogP contribution in [0.2, 0.25) is 5.02 Å². The van der Waals surface area contributed by atoms with Crippen LogP contribution in [0.25, 0.3) is 5.57 Å². The first kappa shape index (κ1) is 24.6. The highest BCUT2D eigenvalue weighted by atomic mass is 35.5. The monoisotopic (exact) mass is 519 g/mol. The van der Waals surface area contributed by atoms with Gasteiger partial charge in [-0.15, -0.1) is 0 Å². The van der Waals surface area contributed by atoms with Crippen LogP contribution in [-0.2, 0) is 14.8 Å². The molecule has 0 aliphatic carbocycles. The zero-order valence-electron chi connectivity index (χ0n) is 18.4. The highest BCUT2D eigenvalue weighted by Crippen LogP contribution is 2.35. The summed E-state index contributed by atoms with van der Waals surface area (Å²) < 4.78 is 56.1. The number of Topliss-reactive ketones (excluding diaryl/α,β-unsaturated/α-hetero) is 1. The summed E-state index contributed by atoms with van der Waals surface area (Å²) in [7, 11) is -3.88. The lowest BCUT2D eigenvalue weighted by molar-refractivity contribution is -0.117. The molecule has 4 rings (SSSR count). The van der Waals surface area contributed by atoms with Crippen LogP contribution in [0.1, 0.15) is 29.3 Å². The Labute approximate surface area is 205 Å². The minimum absolute atomic E-state index is 0.0622. The van der Waals surface area contributed by atoms with Gasteiger partial charge in [0.2, 0.25) is 22.2 Å². The summed E-state index contributed by atoms with van der Waals surface area (Å²) in [5.74, 6) is -3.73. The lowest BCUT2D eigenvalue weighted by Gasteiger charge is -2.28. The maximum Gasteiger partial charge on any atom is 0.232 e. The van der Waals surface area contributed by atoms with Gasteiger partial charge < -0.3 is 5.32 Å². The predicted octanol–water partition coefficient (Wildman–Crippen LogP) is 4.21. The minimum Gasteiger partial charge on any atom is -0.366 e. The van der Waals surface area contributed by atoms with Crippen LogP contribution in [0.15, 0.2) is 66.0 Å². The third-order valence-electron chi connectivity index (χ3n) is 5.49. The van der Waals surface area contributed by atoms with Crippen LogP contribution in [0, 0.1) is 11.6 Å². The van der Waals surface area contributed by atoms with Crippen LogP contribution in [-0.4, -0.2) is 37.4 Å². The fraction of sp³-hybridized carbons (Fsp3) is 0.167. The number of allylic oxidation sites excluding steroid dienone is 2. The van der Waals surface area contributed by atoms with E-state index in [2.05, 4.69) is 10.0 Å². The second-order valence-electron chi connectivity index (χ2n) is 7.90. The molecule has 0 fully saturated rings. The number of carbonyl (C=O) groups is 2. The van der Waals surface area contributed by atoms with Crippen molar-refractivity contribution in [3.05, 3.63) is 93.8 Å². The Bertz CT molecular complexity index is 1400. The molecule has 2 heterocycles. The van der Waals surface area contributed by atoms with Gasteiger partial charge >= 0.3 is 0 Å². The molecule has 0 radical (unpaired) electrons. The molecule has 0 spiro atoms. The summed E-state index contributed by atoms with van der Waals surface area (Å²) in [5, 5.41) is 3.39. The topological polar surface area (TPSA) is 95.6 Å². The number of hydrogen-bond acceptors (Lipinski definition) is 5. The number of ketones is 1. The molecule has 0 saturated heterocycles. The van der Waals surface area contributed by atoms with Gasteiger partial charge in [0.15, 0.2) is 5.82 Å². The number of benzene rings is 2. The number of anilines is 1. The third kappa shape index (κ3) is 4.85. The van der Waals surface area contributed by atoms with Gasteiger partial charge in [-0.1, -0.05) is 30.7 Å². The Morgan fingerprint density at radius 2 is 1.91 bits per heavy atom. The zero-order chi connectivity index (χ0) is 25.3. The number of fused-ring (bicyclic) bond motifs is 1. The van der Waals surface area contributed by atoms with E-state index in [4.69, 9.17) is 11.6 Å². The molecule has 2 aromatic rings. The largest absolute Gasteiger partial charge is 0.366 e. The van der Waals surface area contributed by atoms with E-state index in [1.807, 2.05) is 0 Å². The lowest BCUT2D eigenvalue weighted by Crippen LogP contribution is -2.40. The zero-order valence-corrected chi connectivity index (χ0v) is 20.0. The second kappa shape index (κ2) is 9.63. The molecular weight excluding hydrogens is 500 g/mol. The molecule has 2 N–H and O–H groups in total. The quantitative estimate of drug-likeness (QED) is 0.402. The van der Waals surface area contributed by atoms with E-state index < -0.39 is 44.9 Å². The molecule has 35 heavy (non-hydrogen) atoms. The Balaban J connectivity index is 1.73. The van der Waals surface area contributed by atoms with Gasteiger partial charge in [-0.2, -0.15) is 0 Å². The van der Waals surface area contributed by atoms with E-state index in [0.717, 1.165) is 12.1 Å². The molecule has 182 valence electrons. The van der Waals surface area contributed by atoms with Crippen LogP contribution >= 0.6 is 11.6 Å². The molecular formula is C24H20ClF2N3O4S. The first-order valence-corrected chi connectivity index (χ1v) is 12.6. The SMILES string of the molecule is CCCS(=O)(=O)Nc1ccc(F)c(C(=O)C2=CNC3C2=CC(c2ccc(Cl)cc2)=CN3C=O)c1F. The third-order valence-corrected chi connectivity index (χ3v) is 7.22. The molecule has 1 amide bonds. The standard InChI is InChI=1S/C24H20ClF2N3O4S/c1-2-9-35(33,34)29-20-8-7-19(26)21(22(20)27)23(32)18-11-28-24-17(18)10-15(12-30(24)13-31)14-3-5-16(25)6-4-14/h3-8,10-13,24,28-29H,2,9H2,1H3. The van der Waals surface area contributed by atoms with Crippen molar-refractivity contribution < 1.29 is 26.8 Å². The molecule has 1 unspecified atom stereocenters. The Kier molecular flexibility index (Phi) is 6.77. The number of sulfonamides is 1. The van der Waals surface area contributed by atoms with E-state index in [0.29, 0.717) is 28.1 Å². The predicted molar refractivity (Wildman–Crippen MR) is 129 cm³/mol. The summed E-state index contributed by atoms with van der Waals surface area (Å²) in [5.41, 5.74) is 0.106. The van der Waals surface area contributed by atoms with Gasteiger partial charge in [0.1, 0.15) is 12.0 Å². The summed E-state index contributed by atoms with van der Waals surface area (Å²) in [6.07, 6.45) is 4.59. The summed E-state index contributed by atoms with van der Waals surface area (Å²) in [6, 6.07) is 8.54. The van der Waals surface area contributed by atoms with Crippen molar-refractivity contribution in [2.45, 2.75) is 19.5 Å². The van der Waals surface area contributed by atoms with Crippen molar-refractivity contribution >= 4 is 45.1 Å². The molecule has 1 atom stereocenters. The second-order valence-corrected chi connectivity index (χ2v) is 10.2. The lowest BCUT2D eigenvalue weighted by atomic mass is 9.92. The van der Waals surface area contributed by atoms with Crippen LogP contribution in [0.5, 0.6) is 0 Å². The normalized spacial score (nSPS) is 17.1. The van der Waals surface area contributed by atoms with Crippen molar-refractivity contribution in [3.8, 4) is 0 Å².